The molecule has 1 saturated heterocycles. The molecule has 5 nitrogen and oxygen atoms in total. The first kappa shape index (κ1) is 23.9. The SMILES string of the molecule is CCNC(=NCc1ccc(COCC(F)(F)F)cc1)NCC1CCN(c2ccccc2)C1. The van der Waals surface area contributed by atoms with Crippen molar-refractivity contribution < 1.29 is 17.9 Å². The van der Waals surface area contributed by atoms with Crippen molar-refractivity contribution in [3.8, 4) is 0 Å². The average molecular weight is 449 g/mol. The van der Waals surface area contributed by atoms with Gasteiger partial charge >= 0.3 is 6.18 Å². The molecular weight excluding hydrogens is 417 g/mol. The summed E-state index contributed by atoms with van der Waals surface area (Å²) in [7, 11) is 0. The van der Waals surface area contributed by atoms with E-state index in [1.165, 1.54) is 5.69 Å². The third kappa shape index (κ3) is 8.07. The van der Waals surface area contributed by atoms with Gasteiger partial charge in [0, 0.05) is 31.9 Å². The minimum Gasteiger partial charge on any atom is -0.371 e. The van der Waals surface area contributed by atoms with Crippen molar-refractivity contribution in [2.24, 2.45) is 10.9 Å². The lowest BCUT2D eigenvalue weighted by Gasteiger charge is -2.19. The Morgan fingerprint density at radius 1 is 1.06 bits per heavy atom. The number of anilines is 1. The fraction of sp³-hybridized carbons (Fsp3) is 0.458. The first-order valence-corrected chi connectivity index (χ1v) is 11.0. The molecule has 0 aliphatic carbocycles. The van der Waals surface area contributed by atoms with Crippen molar-refractivity contribution in [3.05, 3.63) is 65.7 Å². The molecule has 0 amide bonds. The van der Waals surface area contributed by atoms with Crippen LogP contribution in [0, 0.1) is 5.92 Å². The van der Waals surface area contributed by atoms with Gasteiger partial charge in [0.15, 0.2) is 5.96 Å². The number of nitrogens with zero attached hydrogens (tertiary/aromatic N) is 2. The summed E-state index contributed by atoms with van der Waals surface area (Å²) in [6.07, 6.45) is -3.16. The highest BCUT2D eigenvalue weighted by molar-refractivity contribution is 5.79. The molecule has 0 radical (unpaired) electrons. The lowest BCUT2D eigenvalue weighted by atomic mass is 10.1. The number of nitrogens with one attached hydrogen (secondary N) is 2. The van der Waals surface area contributed by atoms with E-state index in [9.17, 15) is 13.2 Å². The second-order valence-electron chi connectivity index (χ2n) is 7.94. The van der Waals surface area contributed by atoms with E-state index in [4.69, 9.17) is 4.74 Å². The number of aliphatic imine (C=N–C) groups is 1. The third-order valence-electron chi connectivity index (χ3n) is 5.29. The molecule has 1 aliphatic rings. The minimum atomic E-state index is -4.30. The van der Waals surface area contributed by atoms with Crippen LogP contribution in [0.3, 0.4) is 0 Å². The first-order valence-electron chi connectivity index (χ1n) is 11.0. The number of alkyl halides is 3. The molecule has 1 fully saturated rings. The van der Waals surface area contributed by atoms with E-state index in [0.717, 1.165) is 44.1 Å². The minimum absolute atomic E-state index is 0.0609. The third-order valence-corrected chi connectivity index (χ3v) is 5.29. The molecule has 2 aromatic carbocycles. The molecule has 1 heterocycles. The molecule has 3 rings (SSSR count). The Morgan fingerprint density at radius 2 is 1.78 bits per heavy atom. The van der Waals surface area contributed by atoms with E-state index in [0.29, 0.717) is 18.0 Å². The summed E-state index contributed by atoms with van der Waals surface area (Å²) in [5.41, 5.74) is 2.96. The number of ether oxygens (including phenoxy) is 1. The van der Waals surface area contributed by atoms with Gasteiger partial charge in [0.2, 0.25) is 0 Å². The fourth-order valence-electron chi connectivity index (χ4n) is 3.65. The number of benzene rings is 2. The smallest absolute Gasteiger partial charge is 0.371 e. The predicted octanol–water partition coefficient (Wildman–Crippen LogP) is 4.35. The topological polar surface area (TPSA) is 48.9 Å². The van der Waals surface area contributed by atoms with Crippen LogP contribution < -0.4 is 15.5 Å². The maximum Gasteiger partial charge on any atom is 0.411 e. The second kappa shape index (κ2) is 11.8. The van der Waals surface area contributed by atoms with Crippen molar-refractivity contribution in [3.63, 3.8) is 0 Å². The average Bonchev–Trinajstić information content (AvgIpc) is 3.25. The largest absolute Gasteiger partial charge is 0.411 e. The summed E-state index contributed by atoms with van der Waals surface area (Å²) >= 11 is 0. The van der Waals surface area contributed by atoms with E-state index >= 15 is 0 Å². The summed E-state index contributed by atoms with van der Waals surface area (Å²) in [6, 6.07) is 17.8. The van der Waals surface area contributed by atoms with Crippen LogP contribution in [0.1, 0.15) is 24.5 Å². The van der Waals surface area contributed by atoms with Crippen molar-refractivity contribution in [1.29, 1.82) is 0 Å². The first-order chi connectivity index (χ1) is 15.4. The normalized spacial score (nSPS) is 16.9. The van der Waals surface area contributed by atoms with Gasteiger partial charge in [-0.2, -0.15) is 13.2 Å². The van der Waals surface area contributed by atoms with Crippen molar-refractivity contribution in [2.75, 3.05) is 37.7 Å². The molecule has 174 valence electrons. The van der Waals surface area contributed by atoms with Gasteiger partial charge in [-0.25, -0.2) is 4.99 Å². The van der Waals surface area contributed by atoms with Crippen molar-refractivity contribution >= 4 is 11.6 Å². The molecule has 1 atom stereocenters. The highest BCUT2D eigenvalue weighted by Gasteiger charge is 2.27. The second-order valence-corrected chi connectivity index (χ2v) is 7.94. The van der Waals surface area contributed by atoms with Crippen LogP contribution >= 0.6 is 0 Å². The van der Waals surface area contributed by atoms with Gasteiger partial charge in [0.05, 0.1) is 13.2 Å². The van der Waals surface area contributed by atoms with Gasteiger partial charge in [0.1, 0.15) is 6.61 Å². The number of halogens is 3. The van der Waals surface area contributed by atoms with Crippen LogP contribution in [0.4, 0.5) is 18.9 Å². The Kier molecular flexibility index (Phi) is 8.79. The molecule has 8 heteroatoms. The van der Waals surface area contributed by atoms with Crippen LogP contribution in [0.25, 0.3) is 0 Å². The molecule has 0 aromatic heterocycles. The monoisotopic (exact) mass is 448 g/mol. The Morgan fingerprint density at radius 3 is 2.47 bits per heavy atom. The van der Waals surface area contributed by atoms with Gasteiger partial charge in [-0.05, 0) is 42.5 Å². The molecule has 0 bridgehead atoms. The standard InChI is InChI=1S/C24H31F3N4O/c1-2-28-23(30-15-21-12-13-31(16-21)22-6-4-3-5-7-22)29-14-19-8-10-20(11-9-19)17-32-18-24(25,26)27/h3-11,21H,2,12-18H2,1H3,(H2,28,29,30). The number of para-hydroxylation sites is 1. The summed E-state index contributed by atoms with van der Waals surface area (Å²) in [6.45, 7) is 4.92. The maximum atomic E-state index is 12.2. The Labute approximate surface area is 187 Å². The summed E-state index contributed by atoms with van der Waals surface area (Å²) in [5.74, 6) is 1.32. The van der Waals surface area contributed by atoms with E-state index in [-0.39, 0.29) is 6.61 Å². The molecule has 1 unspecified atom stereocenters. The lowest BCUT2D eigenvalue weighted by Crippen LogP contribution is -2.40. The quantitative estimate of drug-likeness (QED) is 0.443. The molecular formula is C24H31F3N4O. The molecule has 0 spiro atoms. The van der Waals surface area contributed by atoms with Crippen LogP contribution in [0.5, 0.6) is 0 Å². The highest BCUT2D eigenvalue weighted by Crippen LogP contribution is 2.23. The zero-order chi connectivity index (χ0) is 22.8. The fourth-order valence-corrected chi connectivity index (χ4v) is 3.65. The molecule has 1 aliphatic heterocycles. The zero-order valence-corrected chi connectivity index (χ0v) is 18.4. The van der Waals surface area contributed by atoms with Crippen LogP contribution in [-0.4, -0.2) is 44.9 Å². The van der Waals surface area contributed by atoms with E-state index < -0.39 is 12.8 Å². The van der Waals surface area contributed by atoms with Gasteiger partial charge < -0.3 is 20.3 Å². The highest BCUT2D eigenvalue weighted by atomic mass is 19.4. The summed E-state index contributed by atoms with van der Waals surface area (Å²) in [4.78, 5) is 7.06. The van der Waals surface area contributed by atoms with E-state index in [1.807, 2.05) is 25.1 Å². The number of hydrogen-bond acceptors (Lipinski definition) is 3. The molecule has 0 saturated carbocycles. The Bertz CT molecular complexity index is 841. The Hall–Kier alpha value is -2.74. The molecule has 2 N–H and O–H groups in total. The van der Waals surface area contributed by atoms with Crippen LogP contribution in [0.2, 0.25) is 0 Å². The maximum absolute atomic E-state index is 12.2. The zero-order valence-electron chi connectivity index (χ0n) is 18.4. The van der Waals surface area contributed by atoms with Gasteiger partial charge in [-0.1, -0.05) is 42.5 Å². The Balaban J connectivity index is 1.45. The van der Waals surface area contributed by atoms with Crippen molar-refractivity contribution in [1.82, 2.24) is 10.6 Å². The number of rotatable bonds is 9. The van der Waals surface area contributed by atoms with Gasteiger partial charge in [-0.15, -0.1) is 0 Å². The lowest BCUT2D eigenvalue weighted by molar-refractivity contribution is -0.176. The summed E-state index contributed by atoms with van der Waals surface area (Å²) in [5, 5.41) is 6.72. The molecule has 2 aromatic rings. The van der Waals surface area contributed by atoms with E-state index in [2.05, 4.69) is 44.8 Å². The van der Waals surface area contributed by atoms with Crippen molar-refractivity contribution in [2.45, 2.75) is 32.7 Å². The predicted molar refractivity (Wildman–Crippen MR) is 122 cm³/mol. The molecule has 32 heavy (non-hydrogen) atoms. The van der Waals surface area contributed by atoms with Crippen LogP contribution in [-0.2, 0) is 17.9 Å². The summed E-state index contributed by atoms with van der Waals surface area (Å²) < 4.78 is 41.2. The number of guanidine groups is 1. The van der Waals surface area contributed by atoms with Crippen LogP contribution in [0.15, 0.2) is 59.6 Å². The van der Waals surface area contributed by atoms with E-state index in [1.54, 1.807) is 12.1 Å². The van der Waals surface area contributed by atoms with Gasteiger partial charge in [-0.3, -0.25) is 0 Å². The number of hydrogen-bond donors (Lipinski definition) is 2. The van der Waals surface area contributed by atoms with Gasteiger partial charge in [0.25, 0.3) is 0 Å².